The summed E-state index contributed by atoms with van der Waals surface area (Å²) in [6.07, 6.45) is 2.85. The van der Waals surface area contributed by atoms with E-state index in [4.69, 9.17) is 9.47 Å². The van der Waals surface area contributed by atoms with Crippen LogP contribution in [0.25, 0.3) is 0 Å². The van der Waals surface area contributed by atoms with E-state index in [1.807, 2.05) is 13.8 Å². The van der Waals surface area contributed by atoms with Gasteiger partial charge in [-0.25, -0.2) is 4.79 Å². The molecular formula is C13H21NO4. The number of hydrogen-bond acceptors (Lipinski definition) is 4. The first kappa shape index (κ1) is 14.7. The van der Waals surface area contributed by atoms with Gasteiger partial charge in [-0.2, -0.15) is 0 Å². The lowest BCUT2D eigenvalue weighted by molar-refractivity contribution is -0.139. The van der Waals surface area contributed by atoms with Crippen molar-refractivity contribution in [2.45, 2.75) is 52.2 Å². The third-order valence-electron chi connectivity index (χ3n) is 2.92. The second-order valence-corrected chi connectivity index (χ2v) is 4.35. The normalized spacial score (nSPS) is 26.4. The first-order chi connectivity index (χ1) is 8.62. The Morgan fingerprint density at radius 2 is 2.22 bits per heavy atom. The lowest BCUT2D eigenvalue weighted by Crippen LogP contribution is -2.31. The standard InChI is InChI=1S/C13H21NO4/c1-4-11-7-10(6-9(3)18-11)12(14-8-15)13(16)17-5-2/h8-9,11H,4-7H2,1-3H3,(H,14,15)/t9-,11-/m1/s1. The number of esters is 1. The zero-order valence-electron chi connectivity index (χ0n) is 11.2. The van der Waals surface area contributed by atoms with E-state index in [0.717, 1.165) is 12.0 Å². The van der Waals surface area contributed by atoms with Crippen LogP contribution in [0, 0.1) is 0 Å². The average Bonchev–Trinajstić information content (AvgIpc) is 2.35. The van der Waals surface area contributed by atoms with Gasteiger partial charge in [-0.1, -0.05) is 6.92 Å². The molecule has 1 amide bonds. The highest BCUT2D eigenvalue weighted by Crippen LogP contribution is 2.27. The second-order valence-electron chi connectivity index (χ2n) is 4.35. The van der Waals surface area contributed by atoms with Crippen LogP contribution in [0.5, 0.6) is 0 Å². The van der Waals surface area contributed by atoms with Crippen LogP contribution in [-0.2, 0) is 19.1 Å². The fourth-order valence-electron chi connectivity index (χ4n) is 2.14. The van der Waals surface area contributed by atoms with Crippen LogP contribution in [0.15, 0.2) is 11.3 Å². The van der Waals surface area contributed by atoms with Crippen molar-refractivity contribution in [3.05, 3.63) is 11.3 Å². The summed E-state index contributed by atoms with van der Waals surface area (Å²) < 4.78 is 10.7. The molecule has 5 nitrogen and oxygen atoms in total. The highest BCUT2D eigenvalue weighted by Gasteiger charge is 2.26. The Labute approximate surface area is 108 Å². The Balaban J connectivity index is 2.94. The van der Waals surface area contributed by atoms with Gasteiger partial charge in [-0.3, -0.25) is 4.79 Å². The number of rotatable bonds is 5. The van der Waals surface area contributed by atoms with Gasteiger partial charge in [0.15, 0.2) is 0 Å². The van der Waals surface area contributed by atoms with E-state index < -0.39 is 5.97 Å². The van der Waals surface area contributed by atoms with Crippen LogP contribution in [0.1, 0.15) is 40.0 Å². The average molecular weight is 255 g/mol. The number of carbonyl (C=O) groups excluding carboxylic acids is 2. The van der Waals surface area contributed by atoms with Gasteiger partial charge in [0.05, 0.1) is 18.8 Å². The van der Waals surface area contributed by atoms with E-state index in [0.29, 0.717) is 25.9 Å². The first-order valence-corrected chi connectivity index (χ1v) is 6.37. The van der Waals surface area contributed by atoms with Crippen molar-refractivity contribution in [2.75, 3.05) is 6.61 Å². The van der Waals surface area contributed by atoms with Crippen molar-refractivity contribution in [2.24, 2.45) is 0 Å². The molecule has 1 rings (SSSR count). The molecule has 0 unspecified atom stereocenters. The molecule has 0 radical (unpaired) electrons. The zero-order valence-corrected chi connectivity index (χ0v) is 11.2. The van der Waals surface area contributed by atoms with Crippen LogP contribution in [-0.4, -0.2) is 31.2 Å². The van der Waals surface area contributed by atoms with Gasteiger partial charge in [0.25, 0.3) is 0 Å². The number of hydrogen-bond donors (Lipinski definition) is 1. The molecule has 102 valence electrons. The summed E-state index contributed by atoms with van der Waals surface area (Å²) in [6, 6.07) is 0. The summed E-state index contributed by atoms with van der Waals surface area (Å²) in [5.41, 5.74) is 1.19. The highest BCUT2D eigenvalue weighted by atomic mass is 16.5. The van der Waals surface area contributed by atoms with Gasteiger partial charge in [0, 0.05) is 0 Å². The fraction of sp³-hybridized carbons (Fsp3) is 0.692. The molecule has 0 aliphatic carbocycles. The molecule has 0 aromatic rings. The van der Waals surface area contributed by atoms with Crippen LogP contribution >= 0.6 is 0 Å². The summed E-state index contributed by atoms with van der Waals surface area (Å²) in [7, 11) is 0. The topological polar surface area (TPSA) is 64.6 Å². The Morgan fingerprint density at radius 1 is 1.50 bits per heavy atom. The summed E-state index contributed by atoms with van der Waals surface area (Å²) in [5, 5.41) is 2.47. The van der Waals surface area contributed by atoms with Crippen molar-refractivity contribution in [1.29, 1.82) is 0 Å². The minimum absolute atomic E-state index is 0.0524. The van der Waals surface area contributed by atoms with Crippen LogP contribution < -0.4 is 5.32 Å². The van der Waals surface area contributed by atoms with E-state index in [1.54, 1.807) is 6.92 Å². The maximum absolute atomic E-state index is 11.8. The molecule has 1 N–H and O–H groups in total. The molecular weight excluding hydrogens is 234 g/mol. The van der Waals surface area contributed by atoms with Gasteiger partial charge in [-0.05, 0) is 38.7 Å². The van der Waals surface area contributed by atoms with Crippen molar-refractivity contribution in [3.8, 4) is 0 Å². The van der Waals surface area contributed by atoms with E-state index in [-0.39, 0.29) is 17.9 Å². The number of nitrogens with one attached hydrogen (secondary N) is 1. The predicted octanol–water partition coefficient (Wildman–Crippen LogP) is 1.53. The molecule has 0 aromatic heterocycles. The van der Waals surface area contributed by atoms with E-state index in [2.05, 4.69) is 5.32 Å². The number of carbonyl (C=O) groups is 2. The largest absolute Gasteiger partial charge is 0.461 e. The van der Waals surface area contributed by atoms with Gasteiger partial charge in [-0.15, -0.1) is 0 Å². The summed E-state index contributed by atoms with van der Waals surface area (Å²) >= 11 is 0. The van der Waals surface area contributed by atoms with Gasteiger partial charge in [0.2, 0.25) is 6.41 Å². The third kappa shape index (κ3) is 3.84. The fourth-order valence-corrected chi connectivity index (χ4v) is 2.14. The van der Waals surface area contributed by atoms with E-state index in [9.17, 15) is 9.59 Å². The Kier molecular flexibility index (Phi) is 5.85. The van der Waals surface area contributed by atoms with Gasteiger partial charge < -0.3 is 14.8 Å². The molecule has 0 aromatic carbocycles. The van der Waals surface area contributed by atoms with Crippen molar-refractivity contribution < 1.29 is 19.1 Å². The van der Waals surface area contributed by atoms with Gasteiger partial charge in [0.1, 0.15) is 5.70 Å². The molecule has 18 heavy (non-hydrogen) atoms. The molecule has 0 spiro atoms. The molecule has 5 heteroatoms. The zero-order chi connectivity index (χ0) is 13.5. The van der Waals surface area contributed by atoms with Gasteiger partial charge >= 0.3 is 5.97 Å². The maximum atomic E-state index is 11.8. The molecule has 1 heterocycles. The molecule has 0 saturated carbocycles. The lowest BCUT2D eigenvalue weighted by atomic mass is 9.95. The van der Waals surface area contributed by atoms with Crippen molar-refractivity contribution >= 4 is 12.4 Å². The monoisotopic (exact) mass is 255 g/mol. The SMILES string of the molecule is CCOC(=O)C(NC=O)=C1C[C@@H](CC)O[C@H](C)C1. The van der Waals surface area contributed by atoms with E-state index in [1.165, 1.54) is 0 Å². The Bertz CT molecular complexity index is 338. The number of ether oxygens (including phenoxy) is 2. The molecule has 0 bridgehead atoms. The lowest BCUT2D eigenvalue weighted by Gasteiger charge is -2.30. The quantitative estimate of drug-likeness (QED) is 0.459. The van der Waals surface area contributed by atoms with Crippen LogP contribution in [0.3, 0.4) is 0 Å². The minimum atomic E-state index is -0.469. The molecule has 1 aliphatic heterocycles. The first-order valence-electron chi connectivity index (χ1n) is 6.37. The Hall–Kier alpha value is -1.36. The summed E-state index contributed by atoms with van der Waals surface area (Å²) in [4.78, 5) is 22.4. The third-order valence-corrected chi connectivity index (χ3v) is 2.92. The molecule has 2 atom stereocenters. The predicted molar refractivity (Wildman–Crippen MR) is 66.7 cm³/mol. The number of amides is 1. The Morgan fingerprint density at radius 3 is 2.78 bits per heavy atom. The molecule has 1 saturated heterocycles. The molecule has 1 aliphatic rings. The maximum Gasteiger partial charge on any atom is 0.354 e. The van der Waals surface area contributed by atoms with Crippen LogP contribution in [0.4, 0.5) is 0 Å². The van der Waals surface area contributed by atoms with Crippen LogP contribution in [0.2, 0.25) is 0 Å². The second kappa shape index (κ2) is 7.16. The van der Waals surface area contributed by atoms with Crippen molar-refractivity contribution in [3.63, 3.8) is 0 Å². The highest BCUT2D eigenvalue weighted by molar-refractivity contribution is 5.91. The summed E-state index contributed by atoms with van der Waals surface area (Å²) in [5.74, 6) is -0.469. The van der Waals surface area contributed by atoms with E-state index >= 15 is 0 Å². The van der Waals surface area contributed by atoms with Crippen molar-refractivity contribution in [1.82, 2.24) is 5.32 Å². The smallest absolute Gasteiger partial charge is 0.354 e. The minimum Gasteiger partial charge on any atom is -0.461 e. The summed E-state index contributed by atoms with van der Waals surface area (Å²) in [6.45, 7) is 6.03. The molecule has 1 fully saturated rings.